The number of hydrogen-bond donors (Lipinski definition) is 0. The Bertz CT molecular complexity index is 1200. The van der Waals surface area contributed by atoms with E-state index < -0.39 is 0 Å². The molecule has 36 heavy (non-hydrogen) atoms. The van der Waals surface area contributed by atoms with Crippen LogP contribution in [0.25, 0.3) is 0 Å². The maximum atomic E-state index is 14.3. The van der Waals surface area contributed by atoms with Crippen molar-refractivity contribution in [3.8, 4) is 0 Å². The molecule has 5 rings (SSSR count). The molecule has 0 saturated carbocycles. The van der Waals surface area contributed by atoms with Crippen molar-refractivity contribution < 1.29 is 9.18 Å². The van der Waals surface area contributed by atoms with Gasteiger partial charge in [-0.1, -0.05) is 47.6 Å². The quantitative estimate of drug-likeness (QED) is 0.436. The van der Waals surface area contributed by atoms with Gasteiger partial charge in [0.15, 0.2) is 5.16 Å². The number of para-hydroxylation sites is 1. The molecule has 2 atom stereocenters. The van der Waals surface area contributed by atoms with Crippen LogP contribution in [0.3, 0.4) is 0 Å². The monoisotopic (exact) mass is 525 g/mol. The molecule has 188 valence electrons. The highest BCUT2D eigenvalue weighted by Crippen LogP contribution is 2.33. The standard InChI is InChI=1S/C27H29ClFN5OS/c1-19-10-11-30-27(31-19)36-22-16-25(34(18-22)17-20-6-8-21(28)9-7-20)26(35)33-14-12-32(13-15-33)24-5-3-2-4-23(24)29/h2-11,22,25H,12-18H2,1H3/t22-,25+/m1/s1. The fraction of sp³-hybridized carbons (Fsp3) is 0.370. The van der Waals surface area contributed by atoms with E-state index >= 15 is 0 Å². The van der Waals surface area contributed by atoms with Gasteiger partial charge < -0.3 is 9.80 Å². The number of benzene rings is 2. The maximum Gasteiger partial charge on any atom is 0.240 e. The number of aromatic nitrogens is 2. The number of thioether (sulfide) groups is 1. The summed E-state index contributed by atoms with van der Waals surface area (Å²) >= 11 is 7.73. The van der Waals surface area contributed by atoms with E-state index in [4.69, 9.17) is 11.6 Å². The van der Waals surface area contributed by atoms with Crippen LogP contribution >= 0.6 is 23.4 Å². The van der Waals surface area contributed by atoms with Crippen LogP contribution in [-0.2, 0) is 11.3 Å². The summed E-state index contributed by atoms with van der Waals surface area (Å²) in [6.07, 6.45) is 2.52. The lowest BCUT2D eigenvalue weighted by atomic mass is 10.1. The molecule has 2 aliphatic heterocycles. The molecule has 6 nitrogen and oxygen atoms in total. The molecule has 0 unspecified atom stereocenters. The van der Waals surface area contributed by atoms with Crippen molar-refractivity contribution in [1.29, 1.82) is 0 Å². The number of likely N-dealkylation sites (tertiary alicyclic amines) is 1. The van der Waals surface area contributed by atoms with Crippen LogP contribution in [0.2, 0.25) is 5.02 Å². The van der Waals surface area contributed by atoms with Crippen LogP contribution < -0.4 is 4.90 Å². The first kappa shape index (κ1) is 25.0. The van der Waals surface area contributed by atoms with Crippen LogP contribution in [0.1, 0.15) is 17.7 Å². The number of amides is 1. The summed E-state index contributed by atoms with van der Waals surface area (Å²) in [7, 11) is 0. The maximum absolute atomic E-state index is 14.3. The highest BCUT2D eigenvalue weighted by Gasteiger charge is 2.40. The predicted molar refractivity (Wildman–Crippen MR) is 142 cm³/mol. The summed E-state index contributed by atoms with van der Waals surface area (Å²) in [5.74, 6) is -0.0779. The minimum atomic E-state index is -0.222. The molecule has 0 radical (unpaired) electrons. The van der Waals surface area contributed by atoms with Gasteiger partial charge in [0.25, 0.3) is 0 Å². The zero-order valence-electron chi connectivity index (χ0n) is 20.2. The molecule has 3 heterocycles. The number of halogens is 2. The molecule has 1 amide bonds. The van der Waals surface area contributed by atoms with E-state index in [-0.39, 0.29) is 23.0 Å². The van der Waals surface area contributed by atoms with E-state index in [0.29, 0.717) is 43.4 Å². The van der Waals surface area contributed by atoms with Crippen LogP contribution in [0.5, 0.6) is 0 Å². The van der Waals surface area contributed by atoms with E-state index in [9.17, 15) is 9.18 Å². The number of piperazine rings is 1. The fourth-order valence-electron chi connectivity index (χ4n) is 4.92. The van der Waals surface area contributed by atoms with Gasteiger partial charge in [-0.05, 0) is 49.2 Å². The summed E-state index contributed by atoms with van der Waals surface area (Å²) in [6.45, 7) is 5.80. The van der Waals surface area contributed by atoms with E-state index in [0.717, 1.165) is 29.4 Å². The summed E-state index contributed by atoms with van der Waals surface area (Å²) in [5, 5.41) is 1.66. The molecule has 0 N–H and O–H groups in total. The van der Waals surface area contributed by atoms with Crippen molar-refractivity contribution in [3.05, 3.63) is 82.9 Å². The molecule has 0 bridgehead atoms. The van der Waals surface area contributed by atoms with Gasteiger partial charge in [0.1, 0.15) is 5.82 Å². The molecule has 1 aromatic heterocycles. The Balaban J connectivity index is 1.28. The number of aryl methyl sites for hydroxylation is 1. The van der Waals surface area contributed by atoms with Gasteiger partial charge >= 0.3 is 0 Å². The zero-order chi connectivity index (χ0) is 25.1. The molecule has 9 heteroatoms. The molecule has 2 aliphatic rings. The Morgan fingerprint density at radius 3 is 2.56 bits per heavy atom. The third-order valence-corrected chi connectivity index (χ3v) is 8.11. The van der Waals surface area contributed by atoms with E-state index in [2.05, 4.69) is 14.9 Å². The van der Waals surface area contributed by atoms with Gasteiger partial charge in [0.05, 0.1) is 11.7 Å². The van der Waals surface area contributed by atoms with Gasteiger partial charge in [-0.3, -0.25) is 9.69 Å². The second-order valence-corrected chi connectivity index (χ2v) is 11.0. The smallest absolute Gasteiger partial charge is 0.240 e. The fourth-order valence-corrected chi connectivity index (χ4v) is 6.21. The largest absolute Gasteiger partial charge is 0.366 e. The Morgan fingerprint density at radius 2 is 1.83 bits per heavy atom. The van der Waals surface area contributed by atoms with Crippen molar-refractivity contribution >= 4 is 35.0 Å². The lowest BCUT2D eigenvalue weighted by Crippen LogP contribution is -2.53. The minimum Gasteiger partial charge on any atom is -0.366 e. The van der Waals surface area contributed by atoms with Crippen molar-refractivity contribution in [2.75, 3.05) is 37.6 Å². The Kier molecular flexibility index (Phi) is 7.74. The van der Waals surface area contributed by atoms with E-state index in [1.165, 1.54) is 6.07 Å². The summed E-state index contributed by atoms with van der Waals surface area (Å²) in [4.78, 5) is 28.9. The highest BCUT2D eigenvalue weighted by atomic mass is 35.5. The van der Waals surface area contributed by atoms with Crippen LogP contribution in [-0.4, -0.2) is 69.7 Å². The molecule has 3 aromatic rings. The van der Waals surface area contributed by atoms with Crippen molar-refractivity contribution in [3.63, 3.8) is 0 Å². The third kappa shape index (κ3) is 5.82. The second-order valence-electron chi connectivity index (χ2n) is 9.29. The Hall–Kier alpha value is -2.68. The zero-order valence-corrected chi connectivity index (χ0v) is 21.8. The molecule has 2 fully saturated rings. The molecular formula is C27H29ClFN5OS. The number of anilines is 1. The predicted octanol–water partition coefficient (Wildman–Crippen LogP) is 4.66. The van der Waals surface area contributed by atoms with Crippen molar-refractivity contribution in [2.45, 2.75) is 36.3 Å². The van der Waals surface area contributed by atoms with Gasteiger partial charge in [0, 0.05) is 61.4 Å². The SMILES string of the molecule is Cc1ccnc(S[C@@H]2C[C@@H](C(=O)N3CCN(c4ccccc4F)CC3)N(Cc3ccc(Cl)cc3)C2)n1. The van der Waals surface area contributed by atoms with Gasteiger partial charge in [0.2, 0.25) is 5.91 Å². The van der Waals surface area contributed by atoms with Crippen molar-refractivity contribution in [1.82, 2.24) is 19.8 Å². The van der Waals surface area contributed by atoms with Crippen LogP contribution in [0.4, 0.5) is 10.1 Å². The van der Waals surface area contributed by atoms with Crippen molar-refractivity contribution in [2.24, 2.45) is 0 Å². The Labute approximate surface area is 220 Å². The van der Waals surface area contributed by atoms with Gasteiger partial charge in [-0.15, -0.1) is 0 Å². The molecule has 0 aliphatic carbocycles. The van der Waals surface area contributed by atoms with Crippen LogP contribution in [0, 0.1) is 12.7 Å². The number of carbonyl (C=O) groups excluding carboxylic acids is 1. The second kappa shape index (κ2) is 11.2. The van der Waals surface area contributed by atoms with E-state index in [1.807, 2.05) is 53.1 Å². The first-order chi connectivity index (χ1) is 17.5. The van der Waals surface area contributed by atoms with Crippen LogP contribution in [0.15, 0.2) is 66.0 Å². The number of nitrogens with zero attached hydrogens (tertiary/aromatic N) is 5. The first-order valence-corrected chi connectivity index (χ1v) is 13.4. The third-order valence-electron chi connectivity index (χ3n) is 6.78. The molecule has 0 spiro atoms. The normalized spacial score (nSPS) is 20.6. The van der Waals surface area contributed by atoms with E-state index in [1.54, 1.807) is 30.1 Å². The Morgan fingerprint density at radius 1 is 1.08 bits per heavy atom. The average molecular weight is 526 g/mol. The first-order valence-electron chi connectivity index (χ1n) is 12.2. The highest BCUT2D eigenvalue weighted by molar-refractivity contribution is 7.99. The lowest BCUT2D eigenvalue weighted by molar-refractivity contribution is -0.136. The summed E-state index contributed by atoms with van der Waals surface area (Å²) < 4.78 is 14.3. The molecule has 2 aromatic carbocycles. The number of rotatable bonds is 6. The number of hydrogen-bond acceptors (Lipinski definition) is 6. The van der Waals surface area contributed by atoms with Gasteiger partial charge in [-0.25, -0.2) is 14.4 Å². The average Bonchev–Trinajstić information content (AvgIpc) is 3.27. The minimum absolute atomic E-state index is 0.144. The molecular weight excluding hydrogens is 497 g/mol. The topological polar surface area (TPSA) is 52.6 Å². The lowest BCUT2D eigenvalue weighted by Gasteiger charge is -2.38. The summed E-state index contributed by atoms with van der Waals surface area (Å²) in [5.41, 5.74) is 2.66. The molecule has 2 saturated heterocycles. The summed E-state index contributed by atoms with van der Waals surface area (Å²) in [6, 6.07) is 16.3. The van der Waals surface area contributed by atoms with Gasteiger partial charge in [-0.2, -0.15) is 0 Å². The number of carbonyl (C=O) groups is 1.